The fraction of sp³-hybridized carbons (Fsp3) is 0.240. The van der Waals surface area contributed by atoms with Gasteiger partial charge in [-0.15, -0.1) is 0 Å². The lowest BCUT2D eigenvalue weighted by Gasteiger charge is -2.28. The molecule has 3 aromatic rings. The topological polar surface area (TPSA) is 94.2 Å². The molecular formula is C25H27ClN2O6S. The quantitative estimate of drug-likeness (QED) is 0.416. The number of rotatable bonds is 10. The van der Waals surface area contributed by atoms with Gasteiger partial charge in [-0.3, -0.25) is 4.79 Å². The minimum absolute atomic E-state index is 0.130. The summed E-state index contributed by atoms with van der Waals surface area (Å²) in [4.78, 5) is 13.3. The summed E-state index contributed by atoms with van der Waals surface area (Å²) in [5.74, 6) is 0.890. The van der Waals surface area contributed by atoms with Crippen LogP contribution in [0.4, 0.5) is 5.69 Å². The largest absolute Gasteiger partial charge is 0.497 e. The van der Waals surface area contributed by atoms with Crippen molar-refractivity contribution < 1.29 is 27.4 Å². The second-order valence-corrected chi connectivity index (χ2v) is 9.97. The van der Waals surface area contributed by atoms with Gasteiger partial charge in [0.1, 0.15) is 17.2 Å². The summed E-state index contributed by atoms with van der Waals surface area (Å²) >= 11 is 6.15. The van der Waals surface area contributed by atoms with E-state index in [0.29, 0.717) is 33.5 Å². The van der Waals surface area contributed by atoms with Crippen molar-refractivity contribution in [2.75, 3.05) is 33.7 Å². The summed E-state index contributed by atoms with van der Waals surface area (Å²) in [5.41, 5.74) is 0.976. The van der Waals surface area contributed by atoms with Gasteiger partial charge < -0.3 is 19.5 Å². The number of sulfonamides is 1. The van der Waals surface area contributed by atoms with E-state index in [1.54, 1.807) is 55.6 Å². The highest BCUT2D eigenvalue weighted by molar-refractivity contribution is 7.89. The van der Waals surface area contributed by atoms with Gasteiger partial charge in [0.05, 0.1) is 43.0 Å². The standard InChI is InChI=1S/C25H27ClN2O6S/c1-28(35(30,31)19-8-6-5-7-9-19)22(17-10-12-18(32-2)13-11-17)16-25(29)27-21-15-23(33-3)20(26)14-24(21)34-4/h5-15,22H,16H2,1-4H3,(H,27,29)/t22-/m1/s1. The van der Waals surface area contributed by atoms with Crippen molar-refractivity contribution in [2.45, 2.75) is 17.4 Å². The number of ether oxygens (including phenoxy) is 3. The molecule has 0 heterocycles. The van der Waals surface area contributed by atoms with Gasteiger partial charge in [-0.2, -0.15) is 4.31 Å². The third-order valence-electron chi connectivity index (χ3n) is 5.49. The van der Waals surface area contributed by atoms with Crippen LogP contribution >= 0.6 is 11.6 Å². The Hall–Kier alpha value is -3.27. The van der Waals surface area contributed by atoms with Crippen LogP contribution in [0.1, 0.15) is 18.0 Å². The van der Waals surface area contributed by atoms with Gasteiger partial charge in [0.2, 0.25) is 15.9 Å². The molecule has 35 heavy (non-hydrogen) atoms. The molecule has 0 radical (unpaired) electrons. The van der Waals surface area contributed by atoms with E-state index in [4.69, 9.17) is 25.8 Å². The van der Waals surface area contributed by atoms with Crippen molar-refractivity contribution in [1.29, 1.82) is 0 Å². The first-order chi connectivity index (χ1) is 16.7. The van der Waals surface area contributed by atoms with Gasteiger partial charge in [-0.05, 0) is 29.8 Å². The molecule has 1 atom stereocenters. The second kappa shape index (κ2) is 11.4. The van der Waals surface area contributed by atoms with Crippen molar-refractivity contribution in [3.63, 3.8) is 0 Å². The number of hydrogen-bond acceptors (Lipinski definition) is 6. The van der Waals surface area contributed by atoms with Gasteiger partial charge in [0.15, 0.2) is 0 Å². The molecule has 8 nitrogen and oxygen atoms in total. The number of nitrogens with zero attached hydrogens (tertiary/aromatic N) is 1. The Morgan fingerprint density at radius 1 is 0.943 bits per heavy atom. The smallest absolute Gasteiger partial charge is 0.243 e. The number of nitrogens with one attached hydrogen (secondary N) is 1. The van der Waals surface area contributed by atoms with Gasteiger partial charge >= 0.3 is 0 Å². The zero-order valence-corrected chi connectivity index (χ0v) is 21.4. The zero-order valence-electron chi connectivity index (χ0n) is 19.8. The number of anilines is 1. The average molecular weight is 519 g/mol. The van der Waals surface area contributed by atoms with E-state index in [2.05, 4.69) is 5.32 Å². The first-order valence-electron chi connectivity index (χ1n) is 10.6. The van der Waals surface area contributed by atoms with E-state index in [1.807, 2.05) is 0 Å². The van der Waals surface area contributed by atoms with E-state index >= 15 is 0 Å². The molecule has 3 aromatic carbocycles. The molecule has 10 heteroatoms. The molecule has 3 rings (SSSR count). The predicted octanol–water partition coefficient (Wildman–Crippen LogP) is 4.76. The number of amides is 1. The third-order valence-corrected chi connectivity index (χ3v) is 7.66. The van der Waals surface area contributed by atoms with E-state index in [9.17, 15) is 13.2 Å². The molecule has 0 aliphatic carbocycles. The highest BCUT2D eigenvalue weighted by Crippen LogP contribution is 2.37. The molecule has 1 amide bonds. The maximum atomic E-state index is 13.3. The molecule has 0 aliphatic rings. The Morgan fingerprint density at radius 2 is 1.57 bits per heavy atom. The van der Waals surface area contributed by atoms with E-state index in [-0.39, 0.29) is 11.3 Å². The molecule has 0 fully saturated rings. The Kier molecular flexibility index (Phi) is 8.61. The van der Waals surface area contributed by atoms with Crippen LogP contribution in [0.25, 0.3) is 0 Å². The van der Waals surface area contributed by atoms with Crippen LogP contribution in [-0.4, -0.2) is 47.0 Å². The van der Waals surface area contributed by atoms with E-state index in [1.165, 1.54) is 43.8 Å². The summed E-state index contributed by atoms with van der Waals surface area (Å²) in [5, 5.41) is 3.11. The van der Waals surface area contributed by atoms with Crippen molar-refractivity contribution in [1.82, 2.24) is 4.31 Å². The minimum Gasteiger partial charge on any atom is -0.497 e. The van der Waals surface area contributed by atoms with Crippen molar-refractivity contribution in [3.05, 3.63) is 77.3 Å². The lowest BCUT2D eigenvalue weighted by atomic mass is 10.0. The summed E-state index contributed by atoms with van der Waals surface area (Å²) < 4.78 is 43.7. The van der Waals surface area contributed by atoms with Gasteiger partial charge in [0, 0.05) is 25.6 Å². The Morgan fingerprint density at radius 3 is 2.14 bits per heavy atom. The fourth-order valence-electron chi connectivity index (χ4n) is 3.54. The highest BCUT2D eigenvalue weighted by atomic mass is 35.5. The summed E-state index contributed by atoms with van der Waals surface area (Å²) in [6, 6.07) is 17.3. The Balaban J connectivity index is 1.95. The van der Waals surface area contributed by atoms with Crippen molar-refractivity contribution in [2.24, 2.45) is 0 Å². The molecule has 0 spiro atoms. The third kappa shape index (κ3) is 6.05. The molecule has 0 saturated carbocycles. The summed E-state index contributed by atoms with van der Waals surface area (Å²) in [6.07, 6.45) is -0.164. The van der Waals surface area contributed by atoms with Crippen LogP contribution in [0, 0.1) is 0 Å². The number of hydrogen-bond donors (Lipinski definition) is 1. The van der Waals surface area contributed by atoms with Gasteiger partial charge in [-0.1, -0.05) is 41.9 Å². The number of benzene rings is 3. The number of carbonyl (C=O) groups is 1. The second-order valence-electron chi connectivity index (χ2n) is 7.56. The van der Waals surface area contributed by atoms with Gasteiger partial charge in [0.25, 0.3) is 0 Å². The monoisotopic (exact) mass is 518 g/mol. The van der Waals surface area contributed by atoms with Crippen LogP contribution in [0.15, 0.2) is 71.6 Å². The Bertz CT molecular complexity index is 1270. The molecule has 0 unspecified atom stereocenters. The number of carbonyl (C=O) groups excluding carboxylic acids is 1. The number of methoxy groups -OCH3 is 3. The molecule has 0 aliphatic heterocycles. The Labute approximate surface area is 210 Å². The van der Waals surface area contributed by atoms with Crippen LogP contribution in [0.5, 0.6) is 17.2 Å². The SMILES string of the molecule is COc1ccc([C@@H](CC(=O)Nc2cc(OC)c(Cl)cc2OC)N(C)S(=O)(=O)c2ccccc2)cc1. The van der Waals surface area contributed by atoms with Crippen LogP contribution in [-0.2, 0) is 14.8 Å². The molecule has 0 bridgehead atoms. The maximum Gasteiger partial charge on any atom is 0.243 e. The predicted molar refractivity (Wildman–Crippen MR) is 135 cm³/mol. The highest BCUT2D eigenvalue weighted by Gasteiger charge is 2.31. The van der Waals surface area contributed by atoms with Crippen molar-refractivity contribution in [3.8, 4) is 17.2 Å². The minimum atomic E-state index is -3.89. The molecule has 0 saturated heterocycles. The van der Waals surface area contributed by atoms with Gasteiger partial charge in [-0.25, -0.2) is 8.42 Å². The summed E-state index contributed by atoms with van der Waals surface area (Å²) in [6.45, 7) is 0. The van der Waals surface area contributed by atoms with Crippen molar-refractivity contribution >= 4 is 33.2 Å². The first-order valence-corrected chi connectivity index (χ1v) is 12.4. The molecular weight excluding hydrogens is 492 g/mol. The number of halogens is 1. The lowest BCUT2D eigenvalue weighted by Crippen LogP contribution is -2.33. The molecule has 0 aromatic heterocycles. The average Bonchev–Trinajstić information content (AvgIpc) is 2.88. The molecule has 1 N–H and O–H groups in total. The molecule has 186 valence electrons. The fourth-order valence-corrected chi connectivity index (χ4v) is 5.14. The summed E-state index contributed by atoms with van der Waals surface area (Å²) in [7, 11) is 2.02. The van der Waals surface area contributed by atoms with E-state index in [0.717, 1.165) is 0 Å². The van der Waals surface area contributed by atoms with E-state index < -0.39 is 22.0 Å². The van der Waals surface area contributed by atoms with Crippen LogP contribution < -0.4 is 19.5 Å². The first kappa shape index (κ1) is 26.3. The maximum absolute atomic E-state index is 13.3. The van der Waals surface area contributed by atoms with Crippen LogP contribution in [0.2, 0.25) is 5.02 Å². The normalized spacial score (nSPS) is 12.2. The lowest BCUT2D eigenvalue weighted by molar-refractivity contribution is -0.117. The van der Waals surface area contributed by atoms with Crippen LogP contribution in [0.3, 0.4) is 0 Å². The zero-order chi connectivity index (χ0) is 25.6.